The molecular weight excluding hydrogens is 388 g/mol. The van der Waals surface area contributed by atoms with Gasteiger partial charge in [0.25, 0.3) is 0 Å². The summed E-state index contributed by atoms with van der Waals surface area (Å²) in [7, 11) is 0. The first-order valence-corrected chi connectivity index (χ1v) is 9.69. The highest BCUT2D eigenvalue weighted by Gasteiger charge is 2.20. The monoisotopic (exact) mass is 410 g/mol. The van der Waals surface area contributed by atoms with E-state index in [0.717, 1.165) is 22.6 Å². The minimum Gasteiger partial charge on any atom is -0.467 e. The Balaban J connectivity index is 1.73. The maximum Gasteiger partial charge on any atom is 0.239 e. The zero-order valence-electron chi connectivity index (χ0n) is 16.6. The number of aromatic nitrogens is 1. The highest BCUT2D eigenvalue weighted by molar-refractivity contribution is 6.30. The van der Waals surface area contributed by atoms with E-state index in [2.05, 4.69) is 16.7 Å². The summed E-state index contributed by atoms with van der Waals surface area (Å²) in [6.07, 6.45) is 1.60. The van der Waals surface area contributed by atoms with Gasteiger partial charge in [-0.15, -0.1) is 0 Å². The Hall–Kier alpha value is -3.01. The van der Waals surface area contributed by atoms with Crippen molar-refractivity contribution in [3.63, 3.8) is 0 Å². The average Bonchev–Trinajstić information content (AvgIpc) is 3.30. The van der Waals surface area contributed by atoms with E-state index < -0.39 is 0 Å². The molecule has 2 aromatic heterocycles. The van der Waals surface area contributed by atoms with Gasteiger partial charge in [-0.3, -0.25) is 4.79 Å². The SMILES string of the molecule is Cc1c(C#N)c(NC(=O)CNC(C)c2ccc(Cl)cc2)n(Cc2ccco2)c1C. The van der Waals surface area contributed by atoms with Crippen molar-refractivity contribution in [1.82, 2.24) is 9.88 Å². The zero-order chi connectivity index (χ0) is 21.0. The Bertz CT molecular complexity index is 1030. The van der Waals surface area contributed by atoms with Crippen molar-refractivity contribution in [2.45, 2.75) is 33.4 Å². The van der Waals surface area contributed by atoms with E-state index in [-0.39, 0.29) is 18.5 Å². The van der Waals surface area contributed by atoms with Gasteiger partial charge in [0.1, 0.15) is 17.6 Å². The predicted molar refractivity (Wildman–Crippen MR) is 113 cm³/mol. The Morgan fingerprint density at radius 2 is 2.00 bits per heavy atom. The fraction of sp³-hybridized carbons (Fsp3) is 0.273. The number of furan rings is 1. The quantitative estimate of drug-likeness (QED) is 0.598. The average molecular weight is 411 g/mol. The van der Waals surface area contributed by atoms with Gasteiger partial charge in [-0.2, -0.15) is 5.26 Å². The minimum absolute atomic E-state index is 0.0215. The first kappa shape index (κ1) is 20.7. The molecule has 29 heavy (non-hydrogen) atoms. The van der Waals surface area contributed by atoms with E-state index in [1.807, 2.05) is 61.7 Å². The molecule has 1 unspecified atom stereocenters. The van der Waals surface area contributed by atoms with Crippen LogP contribution in [0, 0.1) is 25.2 Å². The van der Waals surface area contributed by atoms with Crippen LogP contribution in [0.1, 0.15) is 41.1 Å². The Labute approximate surface area is 175 Å². The lowest BCUT2D eigenvalue weighted by molar-refractivity contribution is -0.115. The van der Waals surface area contributed by atoms with Gasteiger partial charge in [-0.1, -0.05) is 23.7 Å². The molecule has 0 bridgehead atoms. The summed E-state index contributed by atoms with van der Waals surface area (Å²) < 4.78 is 7.33. The molecule has 150 valence electrons. The molecule has 0 aliphatic carbocycles. The van der Waals surface area contributed by atoms with Crippen LogP contribution in [-0.2, 0) is 11.3 Å². The second kappa shape index (κ2) is 8.99. The summed E-state index contributed by atoms with van der Waals surface area (Å²) in [5.74, 6) is 1.02. The third kappa shape index (κ3) is 4.70. The first-order chi connectivity index (χ1) is 13.9. The van der Waals surface area contributed by atoms with Crippen LogP contribution in [0.3, 0.4) is 0 Å². The number of halogens is 1. The minimum atomic E-state index is -0.222. The van der Waals surface area contributed by atoms with E-state index in [1.165, 1.54) is 0 Å². The fourth-order valence-corrected chi connectivity index (χ4v) is 3.30. The van der Waals surface area contributed by atoms with Crippen molar-refractivity contribution in [3.8, 4) is 6.07 Å². The van der Waals surface area contributed by atoms with E-state index in [1.54, 1.807) is 6.26 Å². The number of anilines is 1. The van der Waals surface area contributed by atoms with Crippen LogP contribution in [-0.4, -0.2) is 17.0 Å². The summed E-state index contributed by atoms with van der Waals surface area (Å²) in [4.78, 5) is 12.6. The van der Waals surface area contributed by atoms with Crippen LogP contribution >= 0.6 is 11.6 Å². The highest BCUT2D eigenvalue weighted by Crippen LogP contribution is 2.27. The molecule has 3 rings (SSSR count). The Kier molecular flexibility index (Phi) is 6.42. The van der Waals surface area contributed by atoms with Gasteiger partial charge < -0.3 is 19.6 Å². The molecule has 0 saturated carbocycles. The third-order valence-electron chi connectivity index (χ3n) is 5.03. The zero-order valence-corrected chi connectivity index (χ0v) is 17.4. The Morgan fingerprint density at radius 1 is 1.28 bits per heavy atom. The lowest BCUT2D eigenvalue weighted by Crippen LogP contribution is -2.31. The van der Waals surface area contributed by atoms with E-state index in [4.69, 9.17) is 16.0 Å². The number of amides is 1. The van der Waals surface area contributed by atoms with E-state index in [0.29, 0.717) is 22.9 Å². The second-order valence-electron chi connectivity index (χ2n) is 6.91. The van der Waals surface area contributed by atoms with Gasteiger partial charge in [0.05, 0.1) is 24.9 Å². The lowest BCUT2D eigenvalue weighted by Gasteiger charge is -2.15. The van der Waals surface area contributed by atoms with Crippen LogP contribution in [0.25, 0.3) is 0 Å². The van der Waals surface area contributed by atoms with Crippen molar-refractivity contribution in [2.75, 3.05) is 11.9 Å². The maximum absolute atomic E-state index is 12.6. The van der Waals surface area contributed by atoms with Crippen molar-refractivity contribution in [1.29, 1.82) is 5.26 Å². The van der Waals surface area contributed by atoms with Gasteiger partial charge in [0, 0.05) is 16.8 Å². The first-order valence-electron chi connectivity index (χ1n) is 9.31. The fourth-order valence-electron chi connectivity index (χ4n) is 3.18. The number of nitriles is 1. The molecule has 0 aliphatic heterocycles. The molecule has 7 heteroatoms. The molecule has 0 fully saturated rings. The molecule has 6 nitrogen and oxygen atoms in total. The molecular formula is C22H23ClN4O2. The largest absolute Gasteiger partial charge is 0.467 e. The number of carbonyl (C=O) groups is 1. The normalized spacial score (nSPS) is 11.8. The maximum atomic E-state index is 12.6. The summed E-state index contributed by atoms with van der Waals surface area (Å²) >= 11 is 5.92. The lowest BCUT2D eigenvalue weighted by atomic mass is 10.1. The van der Waals surface area contributed by atoms with Crippen LogP contribution in [0.4, 0.5) is 5.82 Å². The number of hydrogen-bond donors (Lipinski definition) is 2. The third-order valence-corrected chi connectivity index (χ3v) is 5.28. The van der Waals surface area contributed by atoms with Crippen LogP contribution < -0.4 is 10.6 Å². The molecule has 1 aromatic carbocycles. The van der Waals surface area contributed by atoms with Crippen molar-refractivity contribution in [2.24, 2.45) is 0 Å². The second-order valence-corrected chi connectivity index (χ2v) is 7.35. The van der Waals surface area contributed by atoms with Crippen molar-refractivity contribution < 1.29 is 9.21 Å². The summed E-state index contributed by atoms with van der Waals surface area (Å²) in [5.41, 5.74) is 3.26. The number of nitrogens with one attached hydrogen (secondary N) is 2. The van der Waals surface area contributed by atoms with Gasteiger partial charge >= 0.3 is 0 Å². The molecule has 2 N–H and O–H groups in total. The number of hydrogen-bond acceptors (Lipinski definition) is 4. The molecule has 1 atom stereocenters. The van der Waals surface area contributed by atoms with E-state index in [9.17, 15) is 10.1 Å². The van der Waals surface area contributed by atoms with Crippen molar-refractivity contribution in [3.05, 3.63) is 75.8 Å². The molecule has 0 saturated heterocycles. The predicted octanol–water partition coefficient (Wildman–Crippen LogP) is 4.56. The van der Waals surface area contributed by atoms with Gasteiger partial charge in [-0.05, 0) is 56.2 Å². The molecule has 0 spiro atoms. The standard InChI is InChI=1S/C22H23ClN4O2/c1-14-16(3)27(13-19-5-4-10-29-19)22(20(14)11-24)26-21(28)12-25-15(2)17-6-8-18(23)9-7-17/h4-10,15,25H,12-13H2,1-3H3,(H,26,28). The number of rotatable bonds is 7. The van der Waals surface area contributed by atoms with Gasteiger partial charge in [0.2, 0.25) is 5.91 Å². The van der Waals surface area contributed by atoms with Crippen LogP contribution in [0.2, 0.25) is 5.02 Å². The van der Waals surface area contributed by atoms with Gasteiger partial charge in [0.15, 0.2) is 0 Å². The molecule has 3 aromatic rings. The van der Waals surface area contributed by atoms with Gasteiger partial charge in [-0.25, -0.2) is 0 Å². The summed E-state index contributed by atoms with van der Waals surface area (Å²) in [5, 5.41) is 16.4. The topological polar surface area (TPSA) is 83.0 Å². The summed E-state index contributed by atoms with van der Waals surface area (Å²) in [6.45, 7) is 6.33. The molecule has 0 aliphatic rings. The molecule has 2 heterocycles. The molecule has 0 radical (unpaired) electrons. The smallest absolute Gasteiger partial charge is 0.239 e. The van der Waals surface area contributed by atoms with Crippen LogP contribution in [0.15, 0.2) is 47.1 Å². The number of benzene rings is 1. The van der Waals surface area contributed by atoms with Crippen LogP contribution in [0.5, 0.6) is 0 Å². The number of carbonyl (C=O) groups excluding carboxylic acids is 1. The van der Waals surface area contributed by atoms with E-state index >= 15 is 0 Å². The number of nitrogens with zero attached hydrogens (tertiary/aromatic N) is 2. The Morgan fingerprint density at radius 3 is 2.62 bits per heavy atom. The molecule has 1 amide bonds. The highest BCUT2D eigenvalue weighted by atomic mass is 35.5. The summed E-state index contributed by atoms with van der Waals surface area (Å²) in [6, 6.07) is 13.3. The van der Waals surface area contributed by atoms with Crippen molar-refractivity contribution >= 4 is 23.3 Å².